The molecule has 1 aromatic heterocycles. The van der Waals surface area contributed by atoms with E-state index < -0.39 is 0 Å². The van der Waals surface area contributed by atoms with Crippen molar-refractivity contribution in [1.29, 1.82) is 0 Å². The van der Waals surface area contributed by atoms with Gasteiger partial charge >= 0.3 is 0 Å². The second-order valence-electron chi connectivity index (χ2n) is 6.34. The average Bonchev–Trinajstić information content (AvgIpc) is 3.09. The molecule has 4 aromatic rings. The van der Waals surface area contributed by atoms with Crippen molar-refractivity contribution < 1.29 is 9.66 Å². The number of hydrogen-bond donors (Lipinski definition) is 1. The largest absolute Gasteiger partial charge is 0.457 e. The summed E-state index contributed by atoms with van der Waals surface area (Å²) < 4.78 is 6.06. The standard InChI is InChI=1S/C21H14N2O3/c24-23(25)13-9-10-18-16(11-13)17(12-22-18)21-14-5-1-3-7-19(14)26-20-8-4-2-6-15(20)21/h1-12,21-22H. The predicted octanol–water partition coefficient (Wildman–Crippen LogP) is 5.36. The number of nitrogens with zero attached hydrogens (tertiary/aromatic N) is 1. The number of ether oxygens (including phenoxy) is 1. The van der Waals surface area contributed by atoms with E-state index in [0.717, 1.165) is 39.1 Å². The van der Waals surface area contributed by atoms with E-state index in [-0.39, 0.29) is 16.5 Å². The fourth-order valence-corrected chi connectivity index (χ4v) is 3.73. The topological polar surface area (TPSA) is 68.2 Å². The molecule has 0 unspecified atom stereocenters. The fraction of sp³-hybridized carbons (Fsp3) is 0.0476. The Kier molecular flexibility index (Phi) is 3.09. The number of non-ortho nitro benzene ring substituents is 1. The minimum atomic E-state index is -0.359. The molecule has 0 atom stereocenters. The molecule has 1 aliphatic heterocycles. The minimum absolute atomic E-state index is 0.0492. The Hall–Kier alpha value is -3.60. The third kappa shape index (κ3) is 2.10. The molecule has 26 heavy (non-hydrogen) atoms. The third-order valence-corrected chi connectivity index (χ3v) is 4.90. The third-order valence-electron chi connectivity index (χ3n) is 4.90. The van der Waals surface area contributed by atoms with Gasteiger partial charge in [0.25, 0.3) is 5.69 Å². The van der Waals surface area contributed by atoms with Crippen molar-refractivity contribution in [3.05, 3.63) is 99.7 Å². The Labute approximate surface area is 149 Å². The molecule has 1 N–H and O–H groups in total. The molecule has 0 fully saturated rings. The molecule has 0 saturated heterocycles. The van der Waals surface area contributed by atoms with Crippen LogP contribution in [0.25, 0.3) is 10.9 Å². The quantitative estimate of drug-likeness (QED) is 0.347. The summed E-state index contributed by atoms with van der Waals surface area (Å²) in [5.41, 5.74) is 4.09. The number of H-pyrrole nitrogens is 1. The number of aromatic amines is 1. The summed E-state index contributed by atoms with van der Waals surface area (Å²) in [7, 11) is 0. The molecule has 0 bridgehead atoms. The average molecular weight is 342 g/mol. The van der Waals surface area contributed by atoms with Gasteiger partial charge in [0, 0.05) is 46.3 Å². The number of rotatable bonds is 2. The predicted molar refractivity (Wildman–Crippen MR) is 98.9 cm³/mol. The van der Waals surface area contributed by atoms with Gasteiger partial charge in [-0.25, -0.2) is 0 Å². The zero-order valence-electron chi connectivity index (χ0n) is 13.7. The Balaban J connectivity index is 1.80. The summed E-state index contributed by atoms with van der Waals surface area (Å²) in [5, 5.41) is 12.1. The number of para-hydroxylation sites is 2. The number of aromatic nitrogens is 1. The van der Waals surface area contributed by atoms with Gasteiger partial charge < -0.3 is 9.72 Å². The lowest BCUT2D eigenvalue weighted by molar-refractivity contribution is -0.384. The van der Waals surface area contributed by atoms with Gasteiger partial charge in [0.15, 0.2) is 0 Å². The highest BCUT2D eigenvalue weighted by Gasteiger charge is 2.30. The molecule has 0 aliphatic carbocycles. The van der Waals surface area contributed by atoms with Crippen molar-refractivity contribution in [3.8, 4) is 11.5 Å². The number of nitro groups is 1. The number of benzene rings is 3. The molecule has 5 rings (SSSR count). The maximum atomic E-state index is 11.2. The van der Waals surface area contributed by atoms with Crippen LogP contribution in [-0.4, -0.2) is 9.91 Å². The van der Waals surface area contributed by atoms with Gasteiger partial charge in [-0.15, -0.1) is 0 Å². The molecule has 126 valence electrons. The number of hydrogen-bond acceptors (Lipinski definition) is 3. The van der Waals surface area contributed by atoms with Crippen LogP contribution in [0.1, 0.15) is 22.6 Å². The molecular formula is C21H14N2O3. The summed E-state index contributed by atoms with van der Waals surface area (Å²) >= 11 is 0. The molecule has 5 nitrogen and oxygen atoms in total. The monoisotopic (exact) mass is 342 g/mol. The smallest absolute Gasteiger partial charge is 0.270 e. The van der Waals surface area contributed by atoms with E-state index in [9.17, 15) is 10.1 Å². The second kappa shape index (κ2) is 5.46. The van der Waals surface area contributed by atoms with Crippen LogP contribution in [0.5, 0.6) is 11.5 Å². The Morgan fingerprint density at radius 3 is 2.19 bits per heavy atom. The molecule has 0 radical (unpaired) electrons. The number of nitrogens with one attached hydrogen (secondary N) is 1. The summed E-state index contributed by atoms with van der Waals surface area (Å²) in [6.07, 6.45) is 1.94. The molecule has 0 saturated carbocycles. The van der Waals surface area contributed by atoms with Gasteiger partial charge in [-0.2, -0.15) is 0 Å². The lowest BCUT2D eigenvalue weighted by atomic mass is 9.82. The maximum Gasteiger partial charge on any atom is 0.270 e. The van der Waals surface area contributed by atoms with Crippen LogP contribution in [0, 0.1) is 10.1 Å². The van der Waals surface area contributed by atoms with Gasteiger partial charge in [-0.3, -0.25) is 10.1 Å². The Morgan fingerprint density at radius 2 is 1.54 bits per heavy atom. The van der Waals surface area contributed by atoms with Gasteiger partial charge in [0.05, 0.1) is 4.92 Å². The molecule has 5 heteroatoms. The first kappa shape index (κ1) is 14.7. The van der Waals surface area contributed by atoms with E-state index in [4.69, 9.17) is 4.74 Å². The molecular weight excluding hydrogens is 328 g/mol. The van der Waals surface area contributed by atoms with E-state index in [2.05, 4.69) is 4.98 Å². The van der Waals surface area contributed by atoms with Crippen LogP contribution in [0.2, 0.25) is 0 Å². The van der Waals surface area contributed by atoms with E-state index >= 15 is 0 Å². The van der Waals surface area contributed by atoms with Crippen LogP contribution < -0.4 is 4.74 Å². The molecule has 0 spiro atoms. The first-order valence-electron chi connectivity index (χ1n) is 8.33. The maximum absolute atomic E-state index is 11.2. The van der Waals surface area contributed by atoms with Gasteiger partial charge in [0.1, 0.15) is 11.5 Å². The van der Waals surface area contributed by atoms with E-state index in [1.807, 2.05) is 54.7 Å². The van der Waals surface area contributed by atoms with Crippen molar-refractivity contribution in [1.82, 2.24) is 4.98 Å². The SMILES string of the molecule is O=[N+]([O-])c1ccc2[nH]cc(C3c4ccccc4Oc4ccccc43)c2c1. The first-order chi connectivity index (χ1) is 12.7. The van der Waals surface area contributed by atoms with Crippen LogP contribution in [0.15, 0.2) is 72.9 Å². The van der Waals surface area contributed by atoms with Crippen molar-refractivity contribution in [2.24, 2.45) is 0 Å². The van der Waals surface area contributed by atoms with Gasteiger partial charge in [0.2, 0.25) is 0 Å². The van der Waals surface area contributed by atoms with Crippen LogP contribution in [-0.2, 0) is 0 Å². The van der Waals surface area contributed by atoms with Crippen LogP contribution >= 0.6 is 0 Å². The lowest BCUT2D eigenvalue weighted by Crippen LogP contribution is -2.11. The van der Waals surface area contributed by atoms with Crippen molar-refractivity contribution >= 4 is 16.6 Å². The Bertz CT molecular complexity index is 1120. The summed E-state index contributed by atoms with van der Waals surface area (Å²) in [5.74, 6) is 1.58. The van der Waals surface area contributed by atoms with Crippen molar-refractivity contribution in [2.75, 3.05) is 0 Å². The van der Waals surface area contributed by atoms with E-state index in [1.54, 1.807) is 12.1 Å². The molecule has 2 heterocycles. The van der Waals surface area contributed by atoms with E-state index in [1.165, 1.54) is 6.07 Å². The molecule has 3 aromatic carbocycles. The number of fused-ring (bicyclic) bond motifs is 3. The van der Waals surface area contributed by atoms with Crippen molar-refractivity contribution in [3.63, 3.8) is 0 Å². The normalized spacial score (nSPS) is 13.1. The second-order valence-corrected chi connectivity index (χ2v) is 6.34. The van der Waals surface area contributed by atoms with E-state index in [0.29, 0.717) is 0 Å². The zero-order chi connectivity index (χ0) is 17.7. The molecule has 1 aliphatic rings. The minimum Gasteiger partial charge on any atom is -0.457 e. The van der Waals surface area contributed by atoms with Crippen LogP contribution in [0.4, 0.5) is 5.69 Å². The zero-order valence-corrected chi connectivity index (χ0v) is 13.7. The van der Waals surface area contributed by atoms with Gasteiger partial charge in [-0.1, -0.05) is 36.4 Å². The summed E-state index contributed by atoms with van der Waals surface area (Å²) in [4.78, 5) is 14.1. The highest BCUT2D eigenvalue weighted by Crippen LogP contribution is 2.48. The number of nitro benzene ring substituents is 1. The lowest BCUT2D eigenvalue weighted by Gasteiger charge is -2.28. The highest BCUT2D eigenvalue weighted by atomic mass is 16.6. The van der Waals surface area contributed by atoms with Crippen LogP contribution in [0.3, 0.4) is 0 Å². The highest BCUT2D eigenvalue weighted by molar-refractivity contribution is 5.87. The Morgan fingerprint density at radius 1 is 0.885 bits per heavy atom. The first-order valence-corrected chi connectivity index (χ1v) is 8.33. The van der Waals surface area contributed by atoms with Gasteiger partial charge in [-0.05, 0) is 23.8 Å². The summed E-state index contributed by atoms with van der Waals surface area (Å²) in [6.45, 7) is 0. The summed E-state index contributed by atoms with van der Waals surface area (Å²) in [6, 6.07) is 20.8. The van der Waals surface area contributed by atoms with Crippen molar-refractivity contribution in [2.45, 2.75) is 5.92 Å². The fourth-order valence-electron chi connectivity index (χ4n) is 3.73. The molecule has 0 amide bonds.